The maximum atomic E-state index is 12.3. The minimum absolute atomic E-state index is 0.0614. The van der Waals surface area contributed by atoms with Gasteiger partial charge in [-0.15, -0.1) is 0 Å². The van der Waals surface area contributed by atoms with Gasteiger partial charge in [0, 0.05) is 30.1 Å². The molecule has 1 amide bonds. The van der Waals surface area contributed by atoms with Gasteiger partial charge in [-0.3, -0.25) is 9.78 Å². The summed E-state index contributed by atoms with van der Waals surface area (Å²) in [6.07, 6.45) is 1.04. The molecule has 0 aliphatic carbocycles. The van der Waals surface area contributed by atoms with Gasteiger partial charge in [-0.05, 0) is 25.1 Å². The predicted molar refractivity (Wildman–Crippen MR) is 81.4 cm³/mol. The normalized spacial score (nSPS) is 18.0. The van der Waals surface area contributed by atoms with Crippen LogP contribution in [0.25, 0.3) is 10.9 Å². The van der Waals surface area contributed by atoms with Crippen molar-refractivity contribution in [3.05, 3.63) is 41.6 Å². The average molecular weight is 285 g/mol. The second-order valence-corrected chi connectivity index (χ2v) is 5.28. The van der Waals surface area contributed by atoms with Crippen molar-refractivity contribution in [2.45, 2.75) is 12.3 Å². The summed E-state index contributed by atoms with van der Waals surface area (Å²) in [6, 6.07) is 9.58. The third-order valence-electron chi connectivity index (χ3n) is 3.86. The van der Waals surface area contributed by atoms with Gasteiger partial charge in [0.25, 0.3) is 5.91 Å². The van der Waals surface area contributed by atoms with E-state index in [9.17, 15) is 4.79 Å². The first-order chi connectivity index (χ1) is 10.3. The largest absolute Gasteiger partial charge is 0.395 e. The van der Waals surface area contributed by atoms with Crippen LogP contribution in [-0.2, 0) is 0 Å². The molecule has 0 bridgehead atoms. The van der Waals surface area contributed by atoms with E-state index in [4.69, 9.17) is 10.1 Å². The lowest BCUT2D eigenvalue weighted by Gasteiger charge is -2.13. The van der Waals surface area contributed by atoms with Gasteiger partial charge in [0.15, 0.2) is 0 Å². The van der Waals surface area contributed by atoms with E-state index in [1.165, 1.54) is 0 Å². The van der Waals surface area contributed by atoms with Crippen LogP contribution >= 0.6 is 0 Å². The second-order valence-electron chi connectivity index (χ2n) is 5.28. The predicted octanol–water partition coefficient (Wildman–Crippen LogP) is 1.03. The highest BCUT2D eigenvalue weighted by atomic mass is 16.3. The Labute approximate surface area is 123 Å². The molecule has 0 saturated carbocycles. The SMILES string of the molecule is O=C(NCCO)c1cc([C@H]2CCNC2)nc2ccccc12. The van der Waals surface area contributed by atoms with Crippen molar-refractivity contribution in [3.8, 4) is 0 Å². The number of para-hydroxylation sites is 1. The number of aliphatic hydroxyl groups is 1. The van der Waals surface area contributed by atoms with Crippen molar-refractivity contribution in [2.24, 2.45) is 0 Å². The van der Waals surface area contributed by atoms with Gasteiger partial charge in [0.05, 0.1) is 17.7 Å². The first-order valence-electron chi connectivity index (χ1n) is 7.29. The number of nitrogens with one attached hydrogen (secondary N) is 2. The van der Waals surface area contributed by atoms with Crippen molar-refractivity contribution >= 4 is 16.8 Å². The van der Waals surface area contributed by atoms with Crippen LogP contribution < -0.4 is 10.6 Å². The molecule has 1 aliphatic heterocycles. The van der Waals surface area contributed by atoms with Gasteiger partial charge in [0.1, 0.15) is 0 Å². The highest BCUT2D eigenvalue weighted by Gasteiger charge is 2.21. The monoisotopic (exact) mass is 285 g/mol. The number of fused-ring (bicyclic) bond motifs is 1. The fraction of sp³-hybridized carbons (Fsp3) is 0.375. The zero-order chi connectivity index (χ0) is 14.7. The van der Waals surface area contributed by atoms with Gasteiger partial charge in [-0.2, -0.15) is 0 Å². The van der Waals surface area contributed by atoms with Crippen molar-refractivity contribution in [2.75, 3.05) is 26.2 Å². The molecule has 1 aromatic carbocycles. The fourth-order valence-electron chi connectivity index (χ4n) is 2.76. The van der Waals surface area contributed by atoms with Crippen LogP contribution in [0, 0.1) is 0 Å². The van der Waals surface area contributed by atoms with E-state index in [1.807, 2.05) is 30.3 Å². The molecule has 2 aromatic rings. The quantitative estimate of drug-likeness (QED) is 0.784. The van der Waals surface area contributed by atoms with Gasteiger partial charge < -0.3 is 15.7 Å². The van der Waals surface area contributed by atoms with E-state index in [1.54, 1.807) is 0 Å². The minimum Gasteiger partial charge on any atom is -0.395 e. The maximum absolute atomic E-state index is 12.3. The van der Waals surface area contributed by atoms with Crippen LogP contribution in [0.4, 0.5) is 0 Å². The fourth-order valence-corrected chi connectivity index (χ4v) is 2.76. The van der Waals surface area contributed by atoms with E-state index in [0.29, 0.717) is 11.5 Å². The summed E-state index contributed by atoms with van der Waals surface area (Å²) in [7, 11) is 0. The molecule has 3 rings (SSSR count). The Kier molecular flexibility index (Phi) is 4.13. The Morgan fingerprint density at radius 3 is 3.05 bits per heavy atom. The molecule has 0 spiro atoms. The number of amides is 1. The number of pyridine rings is 1. The molecular weight excluding hydrogens is 266 g/mol. The molecule has 21 heavy (non-hydrogen) atoms. The summed E-state index contributed by atoms with van der Waals surface area (Å²) >= 11 is 0. The first kappa shape index (κ1) is 14.0. The smallest absolute Gasteiger partial charge is 0.252 e. The molecule has 0 unspecified atom stereocenters. The van der Waals surface area contributed by atoms with E-state index in [0.717, 1.165) is 36.1 Å². The lowest BCUT2D eigenvalue weighted by atomic mass is 9.99. The Morgan fingerprint density at radius 1 is 1.43 bits per heavy atom. The van der Waals surface area contributed by atoms with Gasteiger partial charge >= 0.3 is 0 Å². The summed E-state index contributed by atoms with van der Waals surface area (Å²) in [5.41, 5.74) is 2.44. The molecular formula is C16H19N3O2. The highest BCUT2D eigenvalue weighted by molar-refractivity contribution is 6.06. The molecule has 5 nitrogen and oxygen atoms in total. The van der Waals surface area contributed by atoms with Gasteiger partial charge in [-0.25, -0.2) is 0 Å². The summed E-state index contributed by atoms with van der Waals surface area (Å²) in [5.74, 6) is 0.203. The minimum atomic E-state index is -0.158. The molecule has 1 saturated heterocycles. The number of hydrogen-bond acceptors (Lipinski definition) is 4. The molecule has 1 aliphatic rings. The Balaban J connectivity index is 2.04. The lowest BCUT2D eigenvalue weighted by molar-refractivity contribution is 0.0946. The molecule has 2 heterocycles. The first-order valence-corrected chi connectivity index (χ1v) is 7.29. The van der Waals surface area contributed by atoms with Crippen molar-refractivity contribution in [3.63, 3.8) is 0 Å². The molecule has 1 atom stereocenters. The third kappa shape index (κ3) is 2.89. The maximum Gasteiger partial charge on any atom is 0.252 e. The highest BCUT2D eigenvalue weighted by Crippen LogP contribution is 2.26. The summed E-state index contributed by atoms with van der Waals surface area (Å²) < 4.78 is 0. The number of benzene rings is 1. The van der Waals surface area contributed by atoms with E-state index >= 15 is 0 Å². The number of rotatable bonds is 4. The van der Waals surface area contributed by atoms with Crippen LogP contribution in [-0.4, -0.2) is 42.2 Å². The lowest BCUT2D eigenvalue weighted by Crippen LogP contribution is -2.27. The van der Waals surface area contributed by atoms with Crippen molar-refractivity contribution in [1.82, 2.24) is 15.6 Å². The number of aliphatic hydroxyl groups excluding tert-OH is 1. The molecule has 5 heteroatoms. The average Bonchev–Trinajstić information content (AvgIpc) is 3.06. The third-order valence-corrected chi connectivity index (χ3v) is 3.86. The zero-order valence-electron chi connectivity index (χ0n) is 11.8. The number of aromatic nitrogens is 1. The molecule has 0 radical (unpaired) electrons. The summed E-state index contributed by atoms with van der Waals surface area (Å²) in [5, 5.41) is 15.8. The number of nitrogens with zero attached hydrogens (tertiary/aromatic N) is 1. The van der Waals surface area contributed by atoms with Crippen LogP contribution in [0.1, 0.15) is 28.4 Å². The topological polar surface area (TPSA) is 74.2 Å². The van der Waals surface area contributed by atoms with Crippen LogP contribution in [0.3, 0.4) is 0 Å². The molecule has 3 N–H and O–H groups in total. The number of carbonyl (C=O) groups excluding carboxylic acids is 1. The van der Waals surface area contributed by atoms with Crippen molar-refractivity contribution in [1.29, 1.82) is 0 Å². The second kappa shape index (κ2) is 6.20. The molecule has 1 fully saturated rings. The summed E-state index contributed by atoms with van der Waals surface area (Å²) in [6.45, 7) is 2.10. The molecule has 110 valence electrons. The number of carbonyl (C=O) groups is 1. The van der Waals surface area contributed by atoms with Crippen LogP contribution in [0.15, 0.2) is 30.3 Å². The van der Waals surface area contributed by atoms with Crippen LogP contribution in [0.2, 0.25) is 0 Å². The van der Waals surface area contributed by atoms with E-state index < -0.39 is 0 Å². The Bertz CT molecular complexity index is 651. The van der Waals surface area contributed by atoms with Gasteiger partial charge in [0.2, 0.25) is 0 Å². The standard InChI is InChI=1S/C16H19N3O2/c20-8-7-18-16(21)13-9-15(11-5-6-17-10-11)19-14-4-2-1-3-12(13)14/h1-4,9,11,17,20H,5-8,10H2,(H,18,21)/t11-/m0/s1. The molecule has 1 aromatic heterocycles. The van der Waals surface area contributed by atoms with E-state index in [-0.39, 0.29) is 19.1 Å². The summed E-state index contributed by atoms with van der Waals surface area (Å²) in [4.78, 5) is 17.0. The zero-order valence-corrected chi connectivity index (χ0v) is 11.8. The van der Waals surface area contributed by atoms with Crippen molar-refractivity contribution < 1.29 is 9.90 Å². The number of hydrogen-bond donors (Lipinski definition) is 3. The van der Waals surface area contributed by atoms with Gasteiger partial charge in [-0.1, -0.05) is 18.2 Å². The Morgan fingerprint density at radius 2 is 2.29 bits per heavy atom. The Hall–Kier alpha value is -1.98. The van der Waals surface area contributed by atoms with E-state index in [2.05, 4.69) is 10.6 Å². The van der Waals surface area contributed by atoms with Crippen LogP contribution in [0.5, 0.6) is 0 Å².